The Kier molecular flexibility index (Phi) is 5.70. The highest BCUT2D eigenvalue weighted by Crippen LogP contribution is 2.32. The van der Waals surface area contributed by atoms with E-state index < -0.39 is 0 Å². The zero-order chi connectivity index (χ0) is 22.9. The van der Waals surface area contributed by atoms with Crippen molar-refractivity contribution in [1.29, 1.82) is 0 Å². The lowest BCUT2D eigenvalue weighted by atomic mass is 9.99. The second kappa shape index (κ2) is 8.81. The van der Waals surface area contributed by atoms with E-state index in [4.69, 9.17) is 14.5 Å². The molecule has 0 saturated carbocycles. The van der Waals surface area contributed by atoms with Gasteiger partial charge in [-0.2, -0.15) is 0 Å². The summed E-state index contributed by atoms with van der Waals surface area (Å²) in [6, 6.07) is 11.8. The fourth-order valence-electron chi connectivity index (χ4n) is 4.65. The van der Waals surface area contributed by atoms with Crippen LogP contribution in [0.2, 0.25) is 0 Å². The molecule has 2 aromatic heterocycles. The molecule has 2 aliphatic heterocycles. The van der Waals surface area contributed by atoms with E-state index >= 15 is 0 Å². The average molecular weight is 447 g/mol. The topological polar surface area (TPSA) is 68.6 Å². The molecule has 0 spiro atoms. The van der Waals surface area contributed by atoms with Gasteiger partial charge in [0.2, 0.25) is 6.79 Å². The molecule has 0 atom stereocenters. The molecule has 1 N–H and O–H groups in total. The second-order valence-corrected chi connectivity index (χ2v) is 9.03. The Morgan fingerprint density at radius 3 is 2.64 bits per heavy atom. The smallest absolute Gasteiger partial charge is 0.253 e. The number of ether oxygens (including phenoxy) is 2. The first kappa shape index (κ1) is 21.4. The van der Waals surface area contributed by atoms with Crippen molar-refractivity contribution < 1.29 is 14.3 Å². The summed E-state index contributed by atoms with van der Waals surface area (Å²) in [4.78, 5) is 20.0. The number of piperidine rings is 1. The Hall–Kier alpha value is -3.48. The number of nitrogens with one attached hydrogen (secondary N) is 1. The van der Waals surface area contributed by atoms with Crippen molar-refractivity contribution in [3.8, 4) is 17.2 Å². The number of hydrogen-bond donors (Lipinski definition) is 1. The second-order valence-electron chi connectivity index (χ2n) is 9.03. The first-order valence-electron chi connectivity index (χ1n) is 11.6. The van der Waals surface area contributed by atoms with Gasteiger partial charge in [0, 0.05) is 31.0 Å². The van der Waals surface area contributed by atoms with E-state index in [9.17, 15) is 4.79 Å². The lowest BCUT2D eigenvalue weighted by molar-refractivity contribution is 0.0950. The number of fused-ring (bicyclic) bond motifs is 1. The summed E-state index contributed by atoms with van der Waals surface area (Å²) >= 11 is 0. The number of rotatable bonds is 5. The van der Waals surface area contributed by atoms with Crippen molar-refractivity contribution in [2.75, 3.05) is 24.8 Å². The number of benzene rings is 1. The number of aryl methyl sites for hydroxylation is 1. The number of carbonyl (C=O) groups excluding carboxylic acids is 1. The third-order valence-corrected chi connectivity index (χ3v) is 6.66. The van der Waals surface area contributed by atoms with Crippen LogP contribution in [-0.4, -0.2) is 35.3 Å². The molecule has 3 aromatic rings. The number of anilines is 1. The van der Waals surface area contributed by atoms with E-state index in [1.165, 1.54) is 12.8 Å². The molecule has 2 aliphatic rings. The molecule has 1 amide bonds. The highest BCUT2D eigenvalue weighted by molar-refractivity contribution is 5.95. The number of aromatic nitrogens is 2. The number of pyridine rings is 1. The summed E-state index contributed by atoms with van der Waals surface area (Å²) < 4.78 is 12.9. The van der Waals surface area contributed by atoms with Crippen molar-refractivity contribution in [2.45, 2.75) is 40.2 Å². The third kappa shape index (κ3) is 4.27. The maximum absolute atomic E-state index is 13.0. The first-order valence-corrected chi connectivity index (χ1v) is 11.6. The van der Waals surface area contributed by atoms with Crippen LogP contribution in [0.25, 0.3) is 5.69 Å². The third-order valence-electron chi connectivity index (χ3n) is 6.66. The van der Waals surface area contributed by atoms with E-state index in [2.05, 4.69) is 33.8 Å². The van der Waals surface area contributed by atoms with Gasteiger partial charge in [-0.3, -0.25) is 4.79 Å². The molecule has 1 aromatic carbocycles. The van der Waals surface area contributed by atoms with Gasteiger partial charge in [-0.05, 0) is 68.5 Å². The molecule has 1 saturated heterocycles. The molecule has 5 rings (SSSR count). The highest BCUT2D eigenvalue weighted by Gasteiger charge is 2.20. The average Bonchev–Trinajstić information content (AvgIpc) is 3.41. The zero-order valence-electron chi connectivity index (χ0n) is 19.4. The van der Waals surface area contributed by atoms with Crippen LogP contribution in [0, 0.1) is 19.8 Å². The van der Waals surface area contributed by atoms with Gasteiger partial charge in [-0.25, -0.2) is 4.98 Å². The highest BCUT2D eigenvalue weighted by atomic mass is 16.7. The molecular weight excluding hydrogens is 416 g/mol. The van der Waals surface area contributed by atoms with E-state index in [0.717, 1.165) is 59.0 Å². The maximum Gasteiger partial charge on any atom is 0.253 e. The van der Waals surface area contributed by atoms with Crippen LogP contribution in [0.3, 0.4) is 0 Å². The van der Waals surface area contributed by atoms with Gasteiger partial charge in [-0.15, -0.1) is 0 Å². The minimum absolute atomic E-state index is 0.0981. The van der Waals surface area contributed by atoms with Crippen molar-refractivity contribution in [2.24, 2.45) is 5.92 Å². The quantitative estimate of drug-likeness (QED) is 0.630. The SMILES string of the molecule is Cc1cc(C(=O)NCc2ccc3c(c2)OCO3)c(C)n1-c1ccc(N2CCC(C)CC2)nc1. The summed E-state index contributed by atoms with van der Waals surface area (Å²) in [6.07, 6.45) is 4.33. The molecular formula is C26H30N4O3. The van der Waals surface area contributed by atoms with Crippen molar-refractivity contribution in [1.82, 2.24) is 14.9 Å². The fourth-order valence-corrected chi connectivity index (χ4v) is 4.65. The minimum Gasteiger partial charge on any atom is -0.454 e. The summed E-state index contributed by atoms with van der Waals surface area (Å²) in [5.74, 6) is 3.17. The summed E-state index contributed by atoms with van der Waals surface area (Å²) in [5.41, 5.74) is 4.50. The van der Waals surface area contributed by atoms with Gasteiger partial charge >= 0.3 is 0 Å². The Balaban J connectivity index is 1.29. The predicted octanol–water partition coefficient (Wildman–Crippen LogP) is 4.38. The van der Waals surface area contributed by atoms with Crippen LogP contribution < -0.4 is 19.7 Å². The molecule has 172 valence electrons. The Morgan fingerprint density at radius 1 is 1.09 bits per heavy atom. The normalized spacial score (nSPS) is 15.7. The maximum atomic E-state index is 13.0. The van der Waals surface area contributed by atoms with Crippen LogP contribution in [0.15, 0.2) is 42.6 Å². The molecule has 0 bridgehead atoms. The minimum atomic E-state index is -0.0981. The molecule has 4 heterocycles. The van der Waals surface area contributed by atoms with Gasteiger partial charge in [0.15, 0.2) is 11.5 Å². The summed E-state index contributed by atoms with van der Waals surface area (Å²) in [6.45, 7) is 9.08. The van der Waals surface area contributed by atoms with Gasteiger partial charge in [0.05, 0.1) is 17.4 Å². The van der Waals surface area contributed by atoms with Gasteiger partial charge < -0.3 is 24.3 Å². The molecule has 0 radical (unpaired) electrons. The van der Waals surface area contributed by atoms with E-state index in [1.807, 2.05) is 44.3 Å². The van der Waals surface area contributed by atoms with Crippen LogP contribution >= 0.6 is 0 Å². The Labute approximate surface area is 194 Å². The Bertz CT molecular complexity index is 1160. The van der Waals surface area contributed by atoms with Gasteiger partial charge in [-0.1, -0.05) is 13.0 Å². The van der Waals surface area contributed by atoms with E-state index in [-0.39, 0.29) is 12.7 Å². The van der Waals surface area contributed by atoms with Crippen LogP contribution in [0.1, 0.15) is 47.1 Å². The van der Waals surface area contributed by atoms with Crippen molar-refractivity contribution >= 4 is 11.7 Å². The number of nitrogens with zero attached hydrogens (tertiary/aromatic N) is 3. The van der Waals surface area contributed by atoms with Crippen LogP contribution in [0.4, 0.5) is 5.82 Å². The van der Waals surface area contributed by atoms with Crippen LogP contribution in [0.5, 0.6) is 11.5 Å². The van der Waals surface area contributed by atoms with E-state index in [0.29, 0.717) is 12.1 Å². The predicted molar refractivity (Wildman–Crippen MR) is 127 cm³/mol. The number of carbonyl (C=O) groups is 1. The monoisotopic (exact) mass is 446 g/mol. The van der Waals surface area contributed by atoms with Gasteiger partial charge in [0.25, 0.3) is 5.91 Å². The molecule has 7 nitrogen and oxygen atoms in total. The molecule has 7 heteroatoms. The summed E-state index contributed by atoms with van der Waals surface area (Å²) in [7, 11) is 0. The molecule has 33 heavy (non-hydrogen) atoms. The van der Waals surface area contributed by atoms with Crippen LogP contribution in [-0.2, 0) is 6.54 Å². The fraction of sp³-hybridized carbons (Fsp3) is 0.385. The lowest BCUT2D eigenvalue weighted by Crippen LogP contribution is -2.33. The largest absolute Gasteiger partial charge is 0.454 e. The lowest BCUT2D eigenvalue weighted by Gasteiger charge is -2.31. The number of hydrogen-bond acceptors (Lipinski definition) is 5. The number of amides is 1. The van der Waals surface area contributed by atoms with E-state index in [1.54, 1.807) is 0 Å². The summed E-state index contributed by atoms with van der Waals surface area (Å²) in [5, 5.41) is 3.02. The van der Waals surface area contributed by atoms with Gasteiger partial charge in [0.1, 0.15) is 5.82 Å². The molecule has 0 aliphatic carbocycles. The Morgan fingerprint density at radius 2 is 1.88 bits per heavy atom. The molecule has 0 unspecified atom stereocenters. The van der Waals surface area contributed by atoms with Crippen molar-refractivity contribution in [3.05, 3.63) is 65.1 Å². The van der Waals surface area contributed by atoms with Crippen molar-refractivity contribution in [3.63, 3.8) is 0 Å². The molecule has 1 fully saturated rings. The standard InChI is InChI=1S/C26H30N4O3/c1-17-8-10-29(11-9-17)25-7-5-21(15-27-25)30-18(2)12-22(19(30)3)26(31)28-14-20-4-6-23-24(13-20)33-16-32-23/h4-7,12-13,15,17H,8-11,14,16H2,1-3H3,(H,28,31). The first-order chi connectivity index (χ1) is 16.0. The zero-order valence-corrected chi connectivity index (χ0v) is 19.4.